The van der Waals surface area contributed by atoms with Gasteiger partial charge in [0.15, 0.2) is 0 Å². The van der Waals surface area contributed by atoms with Crippen LogP contribution < -0.4 is 11.1 Å². The van der Waals surface area contributed by atoms with Crippen molar-refractivity contribution in [1.29, 1.82) is 0 Å². The monoisotopic (exact) mass is 265 g/mol. The summed E-state index contributed by atoms with van der Waals surface area (Å²) >= 11 is 0. The van der Waals surface area contributed by atoms with Crippen molar-refractivity contribution >= 4 is 17.6 Å². The van der Waals surface area contributed by atoms with Gasteiger partial charge in [0.25, 0.3) is 0 Å². The number of nitrogen functional groups attached to an aromatic ring is 1. The minimum atomic E-state index is -0.751. The molecule has 104 valence electrons. The summed E-state index contributed by atoms with van der Waals surface area (Å²) in [6, 6.07) is 3.38. The summed E-state index contributed by atoms with van der Waals surface area (Å²) < 4.78 is 4.66. The molecule has 1 heterocycles. The maximum absolute atomic E-state index is 11.7. The van der Waals surface area contributed by atoms with Crippen molar-refractivity contribution in [2.24, 2.45) is 5.41 Å². The molecule has 0 fully saturated rings. The molecule has 0 aliphatic heterocycles. The molecule has 19 heavy (non-hydrogen) atoms. The summed E-state index contributed by atoms with van der Waals surface area (Å²) in [6.07, 6.45) is 1.65. The average Bonchev–Trinajstić information content (AvgIpc) is 2.38. The molecular formula is C13H19N3O3. The number of anilines is 1. The molecule has 0 aromatic carbocycles. The van der Waals surface area contributed by atoms with E-state index in [0.29, 0.717) is 11.4 Å². The second-order valence-electron chi connectivity index (χ2n) is 4.91. The smallest absolute Gasteiger partial charge is 0.313 e. The molecule has 0 aliphatic rings. The van der Waals surface area contributed by atoms with Crippen LogP contribution in [0, 0.1) is 5.41 Å². The molecule has 3 N–H and O–H groups in total. The van der Waals surface area contributed by atoms with E-state index in [4.69, 9.17) is 5.73 Å². The first-order chi connectivity index (χ1) is 8.85. The summed E-state index contributed by atoms with van der Waals surface area (Å²) in [7, 11) is 1.32. The number of rotatable bonds is 5. The second-order valence-corrected chi connectivity index (χ2v) is 4.91. The summed E-state index contributed by atoms with van der Waals surface area (Å²) in [5.41, 5.74) is 5.94. The zero-order valence-electron chi connectivity index (χ0n) is 11.4. The third-order valence-electron chi connectivity index (χ3n) is 2.65. The molecule has 0 saturated heterocycles. The normalized spacial score (nSPS) is 10.9. The van der Waals surface area contributed by atoms with E-state index in [1.165, 1.54) is 13.3 Å². The van der Waals surface area contributed by atoms with Gasteiger partial charge in [0.1, 0.15) is 0 Å². The van der Waals surface area contributed by atoms with Crippen LogP contribution in [0.1, 0.15) is 19.5 Å². The third kappa shape index (κ3) is 4.57. The Bertz CT molecular complexity index is 455. The fourth-order valence-corrected chi connectivity index (χ4v) is 1.44. The molecule has 0 aliphatic carbocycles. The SMILES string of the molecule is COC(=O)C(C)(C)CNC(=O)Cc1ccc(N)cn1. The van der Waals surface area contributed by atoms with Gasteiger partial charge in [0, 0.05) is 12.2 Å². The van der Waals surface area contributed by atoms with Gasteiger partial charge in [0.2, 0.25) is 5.91 Å². The van der Waals surface area contributed by atoms with Crippen molar-refractivity contribution in [2.75, 3.05) is 19.4 Å². The molecule has 0 unspecified atom stereocenters. The quantitative estimate of drug-likeness (QED) is 0.757. The summed E-state index contributed by atoms with van der Waals surface area (Å²) in [6.45, 7) is 3.63. The van der Waals surface area contributed by atoms with Crippen molar-refractivity contribution < 1.29 is 14.3 Å². The Morgan fingerprint density at radius 1 is 1.42 bits per heavy atom. The van der Waals surface area contributed by atoms with Gasteiger partial charge in [-0.05, 0) is 26.0 Å². The predicted molar refractivity (Wildman–Crippen MR) is 71.2 cm³/mol. The highest BCUT2D eigenvalue weighted by atomic mass is 16.5. The van der Waals surface area contributed by atoms with Gasteiger partial charge in [-0.3, -0.25) is 14.6 Å². The number of esters is 1. The Labute approximate surface area is 112 Å². The Kier molecular flexibility index (Phi) is 4.86. The fourth-order valence-electron chi connectivity index (χ4n) is 1.44. The van der Waals surface area contributed by atoms with Crippen LogP contribution in [0.25, 0.3) is 0 Å². The van der Waals surface area contributed by atoms with Gasteiger partial charge in [-0.1, -0.05) is 0 Å². The number of pyridine rings is 1. The predicted octanol–water partition coefficient (Wildman–Crippen LogP) is 0.522. The summed E-state index contributed by atoms with van der Waals surface area (Å²) in [4.78, 5) is 27.2. The summed E-state index contributed by atoms with van der Waals surface area (Å²) in [5, 5.41) is 2.69. The second kappa shape index (κ2) is 6.17. The number of methoxy groups -OCH3 is 1. The topological polar surface area (TPSA) is 94.3 Å². The molecule has 1 amide bonds. The molecule has 1 rings (SSSR count). The summed E-state index contributed by atoms with van der Waals surface area (Å²) in [5.74, 6) is -0.562. The van der Waals surface area contributed by atoms with Crippen molar-refractivity contribution in [3.63, 3.8) is 0 Å². The van der Waals surface area contributed by atoms with E-state index in [1.54, 1.807) is 26.0 Å². The van der Waals surface area contributed by atoms with Crippen LogP contribution in [0.3, 0.4) is 0 Å². The maximum atomic E-state index is 11.7. The van der Waals surface area contributed by atoms with Crippen LogP contribution in [0.4, 0.5) is 5.69 Å². The van der Waals surface area contributed by atoms with Crippen LogP contribution in [0.5, 0.6) is 0 Å². The van der Waals surface area contributed by atoms with Gasteiger partial charge >= 0.3 is 5.97 Å². The lowest BCUT2D eigenvalue weighted by Crippen LogP contribution is -2.40. The molecular weight excluding hydrogens is 246 g/mol. The number of hydrogen-bond donors (Lipinski definition) is 2. The number of nitrogens with one attached hydrogen (secondary N) is 1. The highest BCUT2D eigenvalue weighted by Gasteiger charge is 2.29. The molecule has 0 radical (unpaired) electrons. The lowest BCUT2D eigenvalue weighted by atomic mass is 9.94. The van der Waals surface area contributed by atoms with Gasteiger partial charge < -0.3 is 15.8 Å². The first-order valence-corrected chi connectivity index (χ1v) is 5.90. The highest BCUT2D eigenvalue weighted by Crippen LogP contribution is 2.15. The molecule has 0 spiro atoms. The number of nitrogens with two attached hydrogens (primary N) is 1. The van der Waals surface area contributed by atoms with E-state index in [-0.39, 0.29) is 24.8 Å². The number of nitrogens with zero attached hydrogens (tertiary/aromatic N) is 1. The molecule has 1 aromatic rings. The van der Waals surface area contributed by atoms with Crippen LogP contribution >= 0.6 is 0 Å². The van der Waals surface area contributed by atoms with Crippen LogP contribution in [-0.2, 0) is 20.7 Å². The van der Waals surface area contributed by atoms with Gasteiger partial charge in [-0.2, -0.15) is 0 Å². The van der Waals surface area contributed by atoms with Crippen LogP contribution in [0.15, 0.2) is 18.3 Å². The largest absolute Gasteiger partial charge is 0.469 e. The van der Waals surface area contributed by atoms with Crippen molar-refractivity contribution in [2.45, 2.75) is 20.3 Å². The molecule has 1 aromatic heterocycles. The van der Waals surface area contributed by atoms with Gasteiger partial charge in [0.05, 0.1) is 30.8 Å². The van der Waals surface area contributed by atoms with Crippen LogP contribution in [0.2, 0.25) is 0 Å². The minimum Gasteiger partial charge on any atom is -0.469 e. The van der Waals surface area contributed by atoms with E-state index >= 15 is 0 Å². The standard InChI is InChI=1S/C13H19N3O3/c1-13(2,12(18)19-3)8-16-11(17)6-10-5-4-9(14)7-15-10/h4-5,7H,6,8,14H2,1-3H3,(H,16,17). The Balaban J connectivity index is 2.48. The fraction of sp³-hybridized carbons (Fsp3) is 0.462. The number of hydrogen-bond acceptors (Lipinski definition) is 5. The van der Waals surface area contributed by atoms with Crippen molar-refractivity contribution in [1.82, 2.24) is 10.3 Å². The number of carbonyl (C=O) groups excluding carboxylic acids is 2. The average molecular weight is 265 g/mol. The maximum Gasteiger partial charge on any atom is 0.313 e. The van der Waals surface area contributed by atoms with Crippen molar-refractivity contribution in [3.05, 3.63) is 24.0 Å². The lowest BCUT2D eigenvalue weighted by molar-refractivity contribution is -0.150. The van der Waals surface area contributed by atoms with Crippen LogP contribution in [-0.4, -0.2) is 30.5 Å². The first kappa shape index (κ1) is 14.9. The van der Waals surface area contributed by atoms with E-state index in [0.717, 1.165) is 0 Å². The first-order valence-electron chi connectivity index (χ1n) is 5.90. The molecule has 0 saturated carbocycles. The minimum absolute atomic E-state index is 0.150. The van der Waals surface area contributed by atoms with Gasteiger partial charge in [-0.25, -0.2) is 0 Å². The lowest BCUT2D eigenvalue weighted by Gasteiger charge is -2.21. The molecule has 0 bridgehead atoms. The third-order valence-corrected chi connectivity index (χ3v) is 2.65. The molecule has 6 heteroatoms. The number of aromatic nitrogens is 1. The zero-order valence-corrected chi connectivity index (χ0v) is 11.4. The molecule has 6 nitrogen and oxygen atoms in total. The van der Waals surface area contributed by atoms with E-state index in [1.807, 2.05) is 0 Å². The van der Waals surface area contributed by atoms with E-state index < -0.39 is 5.41 Å². The number of ether oxygens (including phenoxy) is 1. The highest BCUT2D eigenvalue weighted by molar-refractivity contribution is 5.80. The van der Waals surface area contributed by atoms with Crippen molar-refractivity contribution in [3.8, 4) is 0 Å². The Hall–Kier alpha value is -2.11. The van der Waals surface area contributed by atoms with E-state index in [2.05, 4.69) is 15.0 Å². The van der Waals surface area contributed by atoms with Gasteiger partial charge in [-0.15, -0.1) is 0 Å². The molecule has 0 atom stereocenters. The Morgan fingerprint density at radius 3 is 2.63 bits per heavy atom. The number of amides is 1. The number of carbonyl (C=O) groups is 2. The van der Waals surface area contributed by atoms with E-state index in [9.17, 15) is 9.59 Å². The zero-order chi connectivity index (χ0) is 14.5. The Morgan fingerprint density at radius 2 is 2.11 bits per heavy atom.